The van der Waals surface area contributed by atoms with E-state index in [1.807, 2.05) is 35.2 Å². The van der Waals surface area contributed by atoms with Gasteiger partial charge in [0.1, 0.15) is 5.82 Å². The number of aliphatic hydroxyl groups is 1. The molecular weight excluding hydrogens is 491 g/mol. The smallest absolute Gasteiger partial charge is 0.338 e. The molecule has 1 aliphatic rings. The summed E-state index contributed by atoms with van der Waals surface area (Å²) in [5, 5.41) is 22.6. The molecule has 0 aliphatic heterocycles. The second-order valence-electron chi connectivity index (χ2n) is 9.75. The number of carboxylic acid groups (broad SMARTS) is 1. The van der Waals surface area contributed by atoms with Gasteiger partial charge >= 0.3 is 5.97 Å². The summed E-state index contributed by atoms with van der Waals surface area (Å²) in [5.74, 6) is -2.19. The zero-order valence-corrected chi connectivity index (χ0v) is 20.9. The maximum absolute atomic E-state index is 14.1. The van der Waals surface area contributed by atoms with E-state index in [2.05, 4.69) is 10.1 Å². The van der Waals surface area contributed by atoms with E-state index in [0.29, 0.717) is 54.7 Å². The van der Waals surface area contributed by atoms with Crippen molar-refractivity contribution in [3.8, 4) is 22.4 Å². The minimum absolute atomic E-state index is 0.0544. The highest BCUT2D eigenvalue weighted by Crippen LogP contribution is 2.40. The van der Waals surface area contributed by atoms with Crippen molar-refractivity contribution in [2.45, 2.75) is 51.2 Å². The molecule has 1 fully saturated rings. The number of fused-ring (bicyclic) bond motifs is 1. The number of nitrogens with two attached hydrogens (primary N) is 1. The van der Waals surface area contributed by atoms with Crippen LogP contribution in [-0.2, 0) is 11.3 Å². The van der Waals surface area contributed by atoms with Crippen molar-refractivity contribution >= 4 is 23.2 Å². The second kappa shape index (κ2) is 10.3. The zero-order valence-electron chi connectivity index (χ0n) is 20.9. The first-order chi connectivity index (χ1) is 18.3. The molecule has 38 heavy (non-hydrogen) atoms. The molecule has 0 spiro atoms. The number of rotatable bonds is 8. The lowest BCUT2D eigenvalue weighted by Crippen LogP contribution is -2.29. The van der Waals surface area contributed by atoms with Crippen molar-refractivity contribution in [3.05, 3.63) is 54.2 Å². The summed E-state index contributed by atoms with van der Waals surface area (Å²) in [6, 6.07) is 5.74. The van der Waals surface area contributed by atoms with Crippen LogP contribution in [0.3, 0.4) is 0 Å². The Morgan fingerprint density at radius 1 is 1.16 bits per heavy atom. The van der Waals surface area contributed by atoms with Crippen LogP contribution in [0.15, 0.2) is 43.0 Å². The number of alkyl halides is 1. The Kier molecular flexibility index (Phi) is 6.94. The number of aliphatic carboxylic acids is 1. The third-order valence-corrected chi connectivity index (χ3v) is 7.35. The van der Waals surface area contributed by atoms with Crippen molar-refractivity contribution < 1.29 is 24.2 Å². The number of halogens is 1. The Morgan fingerprint density at radius 3 is 2.55 bits per heavy atom. The topological polar surface area (TPSA) is 149 Å². The molecule has 4 aromatic heterocycles. The average Bonchev–Trinajstić information content (AvgIpc) is 3.56. The normalized spacial score (nSPS) is 18.5. The summed E-state index contributed by atoms with van der Waals surface area (Å²) in [7, 11) is 0. The van der Waals surface area contributed by atoms with Gasteiger partial charge in [-0.3, -0.25) is 9.78 Å². The molecule has 0 radical (unpaired) electrons. The van der Waals surface area contributed by atoms with Gasteiger partial charge in [0.2, 0.25) is 0 Å². The lowest BCUT2D eigenvalue weighted by molar-refractivity contribution is -0.145. The van der Waals surface area contributed by atoms with Crippen LogP contribution >= 0.6 is 0 Å². The van der Waals surface area contributed by atoms with Crippen LogP contribution in [-0.4, -0.2) is 58.9 Å². The molecule has 1 atom stereocenters. The fourth-order valence-corrected chi connectivity index (χ4v) is 5.35. The highest BCUT2D eigenvalue weighted by Gasteiger charge is 2.35. The number of nitrogens with zero attached hydrogens (tertiary/aromatic N) is 5. The quantitative estimate of drug-likeness (QED) is 0.298. The first kappa shape index (κ1) is 25.5. The summed E-state index contributed by atoms with van der Waals surface area (Å²) in [6.45, 7) is 1.99. The number of Topliss-reactive ketones (excluding diaryl/α,β-unsaturated/α-hetero) is 1. The van der Waals surface area contributed by atoms with Gasteiger partial charge in [-0.1, -0.05) is 6.07 Å². The third kappa shape index (κ3) is 4.65. The van der Waals surface area contributed by atoms with Gasteiger partial charge in [0.15, 0.2) is 17.6 Å². The summed E-state index contributed by atoms with van der Waals surface area (Å²) in [4.78, 5) is 33.1. The van der Waals surface area contributed by atoms with Crippen molar-refractivity contribution in [1.82, 2.24) is 24.1 Å². The molecule has 4 heterocycles. The average molecular weight is 521 g/mol. The highest BCUT2D eigenvalue weighted by atomic mass is 19.1. The molecule has 5 rings (SSSR count). The van der Waals surface area contributed by atoms with Gasteiger partial charge in [0.05, 0.1) is 29.8 Å². The van der Waals surface area contributed by atoms with Crippen LogP contribution < -0.4 is 5.73 Å². The monoisotopic (exact) mass is 520 g/mol. The molecule has 4 N–H and O–H groups in total. The third-order valence-electron chi connectivity index (χ3n) is 7.35. The van der Waals surface area contributed by atoms with Crippen molar-refractivity contribution in [2.75, 3.05) is 12.3 Å². The number of carbonyl (C=O) groups excluding carboxylic acids is 1. The first-order valence-corrected chi connectivity index (χ1v) is 12.6. The van der Waals surface area contributed by atoms with E-state index >= 15 is 0 Å². The molecule has 1 unspecified atom stereocenters. The summed E-state index contributed by atoms with van der Waals surface area (Å²) >= 11 is 0. The first-order valence-electron chi connectivity index (χ1n) is 12.6. The number of aliphatic hydroxyl groups excluding tert-OH is 1. The Balaban J connectivity index is 1.49. The van der Waals surface area contributed by atoms with Gasteiger partial charge in [-0.05, 0) is 44.7 Å². The van der Waals surface area contributed by atoms with E-state index in [4.69, 9.17) is 20.9 Å². The fraction of sp³-hybridized carbons (Fsp3) is 0.370. The molecule has 1 aliphatic carbocycles. The van der Waals surface area contributed by atoms with Crippen molar-refractivity contribution in [3.63, 3.8) is 0 Å². The van der Waals surface area contributed by atoms with E-state index in [0.717, 1.165) is 16.8 Å². The molecule has 0 amide bonds. The van der Waals surface area contributed by atoms with Crippen LogP contribution in [0.1, 0.15) is 54.6 Å². The summed E-state index contributed by atoms with van der Waals surface area (Å²) in [6.07, 6.45) is 7.07. The van der Waals surface area contributed by atoms with Crippen LogP contribution in [0.5, 0.6) is 0 Å². The number of carbonyl (C=O) groups is 2. The van der Waals surface area contributed by atoms with E-state index < -0.39 is 18.1 Å². The Bertz CT molecular complexity index is 1490. The number of aromatic nitrogens is 5. The number of hydrogen-bond acceptors (Lipinski definition) is 7. The number of nitrogen functional groups attached to an aromatic ring is 1. The highest BCUT2D eigenvalue weighted by molar-refractivity contribution is 6.00. The lowest BCUT2D eigenvalue weighted by Gasteiger charge is -2.29. The molecule has 198 valence electrons. The van der Waals surface area contributed by atoms with Crippen molar-refractivity contribution in [1.29, 1.82) is 0 Å². The lowest BCUT2D eigenvalue weighted by atomic mass is 9.77. The SMILES string of the molecule is CC(=O)c1c(C2CCC(C(F)C(=O)O)CC2)nc2c(-c3ccc(-c4ccn(CCO)c4)nc3)cnn2c1N. The molecule has 4 aromatic rings. The molecule has 0 saturated heterocycles. The maximum atomic E-state index is 14.1. The van der Waals surface area contributed by atoms with Gasteiger partial charge in [0, 0.05) is 53.7 Å². The van der Waals surface area contributed by atoms with Gasteiger partial charge in [0.25, 0.3) is 0 Å². The summed E-state index contributed by atoms with van der Waals surface area (Å²) < 4.78 is 17.4. The minimum Gasteiger partial charge on any atom is -0.479 e. The summed E-state index contributed by atoms with van der Waals surface area (Å²) in [5.41, 5.74) is 10.9. The molecule has 0 aromatic carbocycles. The molecule has 10 nitrogen and oxygen atoms in total. The fourth-order valence-electron chi connectivity index (χ4n) is 5.35. The number of ketones is 1. The van der Waals surface area contributed by atoms with Crippen LogP contribution in [0, 0.1) is 5.92 Å². The number of hydrogen-bond donors (Lipinski definition) is 3. The number of anilines is 1. The Labute approximate surface area is 218 Å². The zero-order chi connectivity index (χ0) is 27.0. The number of carboxylic acids is 1. The second-order valence-corrected chi connectivity index (χ2v) is 9.75. The van der Waals surface area contributed by atoms with Gasteiger partial charge in [-0.2, -0.15) is 9.61 Å². The van der Waals surface area contributed by atoms with E-state index in [1.165, 1.54) is 11.4 Å². The van der Waals surface area contributed by atoms with Crippen LogP contribution in [0.2, 0.25) is 0 Å². The molecule has 0 bridgehead atoms. The Hall–Kier alpha value is -4.12. The Morgan fingerprint density at radius 2 is 1.92 bits per heavy atom. The van der Waals surface area contributed by atoms with Gasteiger partial charge in [-0.15, -0.1) is 0 Å². The molecule has 11 heteroatoms. The predicted molar refractivity (Wildman–Crippen MR) is 138 cm³/mol. The maximum Gasteiger partial charge on any atom is 0.338 e. The van der Waals surface area contributed by atoms with E-state index in [9.17, 15) is 14.0 Å². The predicted octanol–water partition coefficient (Wildman–Crippen LogP) is 3.73. The standard InChI is InChI=1S/C27H29FN6O4/c1-15(36)22-24(17-4-2-16(3-5-17)23(28)27(37)38)32-26-20(13-31-34(26)25(22)29)18-6-7-21(30-12-18)19-8-9-33(14-19)10-11-35/h6-9,12-14,16-17,23,35H,2-5,10-11,29H2,1H3,(H,37,38). The van der Waals surface area contributed by atoms with Crippen LogP contribution in [0.4, 0.5) is 10.2 Å². The van der Waals surface area contributed by atoms with Gasteiger partial charge < -0.3 is 20.5 Å². The largest absolute Gasteiger partial charge is 0.479 e. The number of pyridine rings is 1. The minimum atomic E-state index is -1.89. The van der Waals surface area contributed by atoms with E-state index in [-0.39, 0.29) is 24.1 Å². The van der Waals surface area contributed by atoms with Gasteiger partial charge in [-0.25, -0.2) is 14.2 Å². The molecular formula is C27H29FN6O4. The van der Waals surface area contributed by atoms with Crippen LogP contribution in [0.25, 0.3) is 28.0 Å². The van der Waals surface area contributed by atoms with E-state index in [1.54, 1.807) is 12.4 Å². The molecule has 1 saturated carbocycles. The van der Waals surface area contributed by atoms with Crippen molar-refractivity contribution in [2.24, 2.45) is 5.92 Å².